The maximum atomic E-state index is 11.0. The largest absolute Gasteiger partial charge is 0.453 e. The normalized spacial score (nSPS) is 19.2. The Hall–Kier alpha value is -1.26. The van der Waals surface area contributed by atoms with Gasteiger partial charge >= 0.3 is 0 Å². The fourth-order valence-electron chi connectivity index (χ4n) is 2.08. The number of halogens is 1. The fourth-order valence-corrected chi connectivity index (χ4v) is 2.34. The molecule has 1 aromatic rings. The van der Waals surface area contributed by atoms with Gasteiger partial charge in [-0.05, 0) is 25.3 Å². The van der Waals surface area contributed by atoms with Gasteiger partial charge in [0.25, 0.3) is 0 Å². The van der Waals surface area contributed by atoms with Crippen LogP contribution in [0.1, 0.15) is 28.8 Å². The van der Waals surface area contributed by atoms with Crippen molar-refractivity contribution >= 4 is 17.9 Å². The molecule has 90 valence electrons. The van der Waals surface area contributed by atoms with Gasteiger partial charge in [-0.2, -0.15) is 0 Å². The highest BCUT2D eigenvalue weighted by atomic mass is 35.5. The van der Waals surface area contributed by atoms with Crippen LogP contribution in [0.4, 0.5) is 0 Å². The van der Waals surface area contributed by atoms with Gasteiger partial charge in [-0.1, -0.05) is 11.6 Å². The molecule has 4 nitrogen and oxygen atoms in total. The third-order valence-electron chi connectivity index (χ3n) is 3.26. The molecule has 0 saturated heterocycles. The number of hydrogen-bond acceptors (Lipinski definition) is 4. The van der Waals surface area contributed by atoms with E-state index in [1.807, 2.05) is 0 Å². The van der Waals surface area contributed by atoms with Crippen molar-refractivity contribution in [1.82, 2.24) is 0 Å². The number of fused-ring (bicyclic) bond motifs is 1. The molecule has 1 aliphatic carbocycles. The molecule has 0 bridgehead atoms. The average molecular weight is 254 g/mol. The Labute approximate surface area is 104 Å². The summed E-state index contributed by atoms with van der Waals surface area (Å²) in [6.07, 6.45) is 3.41. The number of rotatable bonds is 3. The van der Waals surface area contributed by atoms with Gasteiger partial charge < -0.3 is 15.2 Å². The third-order valence-corrected chi connectivity index (χ3v) is 3.57. The summed E-state index contributed by atoms with van der Waals surface area (Å²) in [6, 6.07) is 1.76. The Morgan fingerprint density at radius 2 is 2.12 bits per heavy atom. The Morgan fingerprint density at radius 1 is 1.41 bits per heavy atom. The molecule has 2 aliphatic rings. The van der Waals surface area contributed by atoms with Crippen LogP contribution in [0.3, 0.4) is 0 Å². The highest BCUT2D eigenvalue weighted by Crippen LogP contribution is 2.45. The van der Waals surface area contributed by atoms with Crippen molar-refractivity contribution in [1.29, 1.82) is 0 Å². The lowest BCUT2D eigenvalue weighted by atomic mass is 10.0. The molecule has 1 saturated carbocycles. The van der Waals surface area contributed by atoms with Crippen LogP contribution in [0.15, 0.2) is 6.07 Å². The first-order chi connectivity index (χ1) is 8.13. The highest BCUT2D eigenvalue weighted by molar-refractivity contribution is 6.33. The van der Waals surface area contributed by atoms with Crippen LogP contribution in [-0.4, -0.2) is 18.6 Å². The predicted octanol–water partition coefficient (Wildman–Crippen LogP) is 1.91. The number of benzene rings is 1. The molecule has 0 spiro atoms. The van der Waals surface area contributed by atoms with E-state index in [1.165, 1.54) is 0 Å². The molecule has 0 unspecified atom stereocenters. The zero-order valence-electron chi connectivity index (χ0n) is 9.16. The quantitative estimate of drug-likeness (QED) is 0.836. The average Bonchev–Trinajstić information content (AvgIpc) is 2.81. The standard InChI is InChI=1S/C12H12ClNO3/c13-9-3-7(4-12(14)1-2-12)10-11(8(9)5-15)17-6-16-10/h3,5H,1-2,4,6,14H2. The van der Waals surface area contributed by atoms with E-state index in [4.69, 9.17) is 26.8 Å². The lowest BCUT2D eigenvalue weighted by Gasteiger charge is -2.12. The first-order valence-electron chi connectivity index (χ1n) is 5.48. The Balaban J connectivity index is 2.07. The second kappa shape index (κ2) is 3.62. The minimum atomic E-state index is -0.133. The SMILES string of the molecule is NC1(Cc2cc(Cl)c(C=O)c3c2OCO3)CC1. The van der Waals surface area contributed by atoms with Crippen LogP contribution in [-0.2, 0) is 6.42 Å². The Bertz CT molecular complexity index is 497. The van der Waals surface area contributed by atoms with Gasteiger partial charge in [-0.25, -0.2) is 0 Å². The number of carbonyl (C=O) groups excluding carboxylic acids is 1. The zero-order valence-corrected chi connectivity index (χ0v) is 9.92. The number of hydrogen-bond donors (Lipinski definition) is 1. The van der Waals surface area contributed by atoms with Crippen molar-refractivity contribution < 1.29 is 14.3 Å². The maximum absolute atomic E-state index is 11.0. The van der Waals surface area contributed by atoms with Gasteiger partial charge in [-0.3, -0.25) is 4.79 Å². The third kappa shape index (κ3) is 1.77. The van der Waals surface area contributed by atoms with Crippen LogP contribution in [0.25, 0.3) is 0 Å². The molecule has 1 aromatic carbocycles. The molecule has 1 heterocycles. The van der Waals surface area contributed by atoms with E-state index in [0.29, 0.717) is 34.8 Å². The summed E-state index contributed by atoms with van der Waals surface area (Å²) < 4.78 is 10.7. The molecule has 1 aliphatic heterocycles. The van der Waals surface area contributed by atoms with E-state index in [1.54, 1.807) is 6.07 Å². The summed E-state index contributed by atoms with van der Waals surface area (Å²) in [4.78, 5) is 11.0. The molecule has 3 rings (SSSR count). The summed E-state index contributed by atoms with van der Waals surface area (Å²) in [7, 11) is 0. The number of nitrogens with two attached hydrogens (primary N) is 1. The summed E-state index contributed by atoms with van der Waals surface area (Å²) in [5.74, 6) is 1.07. The zero-order chi connectivity index (χ0) is 12.0. The lowest BCUT2D eigenvalue weighted by molar-refractivity contribution is 0.111. The van der Waals surface area contributed by atoms with Crippen LogP contribution in [0, 0.1) is 0 Å². The topological polar surface area (TPSA) is 61.6 Å². The van der Waals surface area contributed by atoms with Crippen molar-refractivity contribution in [3.63, 3.8) is 0 Å². The molecule has 2 N–H and O–H groups in total. The van der Waals surface area contributed by atoms with Gasteiger partial charge in [0, 0.05) is 11.1 Å². The van der Waals surface area contributed by atoms with Crippen molar-refractivity contribution in [3.05, 3.63) is 22.2 Å². The second-order valence-electron chi connectivity index (χ2n) is 4.65. The van der Waals surface area contributed by atoms with E-state index >= 15 is 0 Å². The maximum Gasteiger partial charge on any atom is 0.231 e. The molecule has 0 atom stereocenters. The van der Waals surface area contributed by atoms with Crippen molar-refractivity contribution in [2.24, 2.45) is 5.73 Å². The summed E-state index contributed by atoms with van der Waals surface area (Å²) in [5.41, 5.74) is 7.23. The van der Waals surface area contributed by atoms with Crippen molar-refractivity contribution in [2.75, 3.05) is 6.79 Å². The van der Waals surface area contributed by atoms with E-state index < -0.39 is 0 Å². The second-order valence-corrected chi connectivity index (χ2v) is 5.06. The first-order valence-corrected chi connectivity index (χ1v) is 5.86. The first kappa shape index (κ1) is 10.9. The highest BCUT2D eigenvalue weighted by Gasteiger charge is 2.40. The number of ether oxygens (including phenoxy) is 2. The molecule has 1 fully saturated rings. The molecule has 0 radical (unpaired) electrons. The lowest BCUT2D eigenvalue weighted by Crippen LogP contribution is -2.24. The monoisotopic (exact) mass is 253 g/mol. The molecular formula is C12H12ClNO3. The van der Waals surface area contributed by atoms with E-state index in [-0.39, 0.29) is 12.3 Å². The van der Waals surface area contributed by atoms with Crippen molar-refractivity contribution in [2.45, 2.75) is 24.8 Å². The van der Waals surface area contributed by atoms with E-state index in [2.05, 4.69) is 0 Å². The number of aldehydes is 1. The fraction of sp³-hybridized carbons (Fsp3) is 0.417. The molecule has 5 heteroatoms. The number of carbonyl (C=O) groups is 1. The summed E-state index contributed by atoms with van der Waals surface area (Å²) in [5, 5.41) is 0.392. The molecular weight excluding hydrogens is 242 g/mol. The van der Waals surface area contributed by atoms with Gasteiger partial charge in [0.1, 0.15) is 0 Å². The predicted molar refractivity (Wildman–Crippen MR) is 62.8 cm³/mol. The van der Waals surface area contributed by atoms with Crippen LogP contribution in [0.5, 0.6) is 11.5 Å². The van der Waals surface area contributed by atoms with Crippen LogP contribution in [0.2, 0.25) is 5.02 Å². The van der Waals surface area contributed by atoms with E-state index in [9.17, 15) is 4.79 Å². The summed E-state index contributed by atoms with van der Waals surface area (Å²) >= 11 is 6.05. The van der Waals surface area contributed by atoms with Crippen molar-refractivity contribution in [3.8, 4) is 11.5 Å². The van der Waals surface area contributed by atoms with Gasteiger partial charge in [-0.15, -0.1) is 0 Å². The van der Waals surface area contributed by atoms with E-state index in [0.717, 1.165) is 18.4 Å². The molecule has 0 aromatic heterocycles. The molecule has 0 amide bonds. The smallest absolute Gasteiger partial charge is 0.231 e. The summed E-state index contributed by atoms with van der Waals surface area (Å²) in [6.45, 7) is 0.126. The van der Waals surface area contributed by atoms with Crippen LogP contribution < -0.4 is 15.2 Å². The Kier molecular flexibility index (Phi) is 2.31. The molecule has 17 heavy (non-hydrogen) atoms. The van der Waals surface area contributed by atoms with Gasteiger partial charge in [0.2, 0.25) is 6.79 Å². The minimum absolute atomic E-state index is 0.126. The van der Waals surface area contributed by atoms with Gasteiger partial charge in [0.05, 0.1) is 10.6 Å². The van der Waals surface area contributed by atoms with Gasteiger partial charge in [0.15, 0.2) is 17.8 Å². The minimum Gasteiger partial charge on any atom is -0.453 e. The Morgan fingerprint density at radius 3 is 2.76 bits per heavy atom. The van der Waals surface area contributed by atoms with Crippen LogP contribution >= 0.6 is 11.6 Å².